The van der Waals surface area contributed by atoms with E-state index in [0.717, 1.165) is 30.8 Å². The molecule has 0 aliphatic carbocycles. The molecular formula is C20H22N4O3. The van der Waals surface area contributed by atoms with Crippen LogP contribution in [0.15, 0.2) is 36.8 Å². The molecule has 0 spiro atoms. The number of ether oxygens (including phenoxy) is 1. The fourth-order valence-corrected chi connectivity index (χ4v) is 3.54. The summed E-state index contributed by atoms with van der Waals surface area (Å²) in [5.41, 5.74) is 2.54. The van der Waals surface area contributed by atoms with Gasteiger partial charge in [-0.3, -0.25) is 14.6 Å². The number of hydrogen-bond acceptors (Lipinski definition) is 5. The highest BCUT2D eigenvalue weighted by atomic mass is 16.5. The number of hydrogen-bond donors (Lipinski definition) is 0. The quantitative estimate of drug-likeness (QED) is 0.819. The third-order valence-electron chi connectivity index (χ3n) is 5.03. The lowest BCUT2D eigenvalue weighted by molar-refractivity contribution is -0.131. The zero-order valence-corrected chi connectivity index (χ0v) is 15.1. The Morgan fingerprint density at radius 3 is 2.67 bits per heavy atom. The molecule has 7 heteroatoms. The van der Waals surface area contributed by atoms with E-state index in [4.69, 9.17) is 4.74 Å². The molecule has 1 saturated heterocycles. The van der Waals surface area contributed by atoms with Gasteiger partial charge in [0.05, 0.1) is 19.2 Å². The highest BCUT2D eigenvalue weighted by Crippen LogP contribution is 2.26. The first-order valence-corrected chi connectivity index (χ1v) is 9.28. The average molecular weight is 366 g/mol. The van der Waals surface area contributed by atoms with Gasteiger partial charge in [-0.25, -0.2) is 4.98 Å². The predicted octanol–water partition coefficient (Wildman–Crippen LogP) is 1.33. The fraction of sp³-hybridized carbons (Fsp3) is 0.400. The van der Waals surface area contributed by atoms with Gasteiger partial charge in [0, 0.05) is 38.6 Å². The second-order valence-corrected chi connectivity index (χ2v) is 6.83. The van der Waals surface area contributed by atoms with E-state index in [-0.39, 0.29) is 11.8 Å². The van der Waals surface area contributed by atoms with Gasteiger partial charge in [0.15, 0.2) is 0 Å². The summed E-state index contributed by atoms with van der Waals surface area (Å²) in [6, 6.07) is 6.02. The minimum atomic E-state index is -0.134. The lowest BCUT2D eigenvalue weighted by atomic mass is 10.0. The molecule has 140 valence electrons. The van der Waals surface area contributed by atoms with Crippen LogP contribution in [0.4, 0.5) is 0 Å². The smallest absolute Gasteiger partial charge is 0.274 e. The van der Waals surface area contributed by atoms with Gasteiger partial charge >= 0.3 is 0 Å². The van der Waals surface area contributed by atoms with Crippen LogP contribution < -0.4 is 4.74 Å². The Kier molecular flexibility index (Phi) is 5.00. The molecule has 7 nitrogen and oxygen atoms in total. The Morgan fingerprint density at radius 2 is 1.89 bits per heavy atom. The number of fused-ring (bicyclic) bond motifs is 1. The minimum absolute atomic E-state index is 0.0956. The summed E-state index contributed by atoms with van der Waals surface area (Å²) in [7, 11) is 0. The summed E-state index contributed by atoms with van der Waals surface area (Å²) >= 11 is 0. The molecule has 1 aromatic carbocycles. The normalized spacial score (nSPS) is 16.4. The van der Waals surface area contributed by atoms with Gasteiger partial charge in [0.2, 0.25) is 5.91 Å². The first kappa shape index (κ1) is 17.5. The highest BCUT2D eigenvalue weighted by Gasteiger charge is 2.25. The Hall–Kier alpha value is -2.96. The number of carbonyl (C=O) groups is 2. The van der Waals surface area contributed by atoms with Crippen LogP contribution in [-0.4, -0.2) is 64.4 Å². The summed E-state index contributed by atoms with van der Waals surface area (Å²) in [6.45, 7) is 2.87. The summed E-state index contributed by atoms with van der Waals surface area (Å²) in [5, 5.41) is 0. The second-order valence-electron chi connectivity index (χ2n) is 6.83. The van der Waals surface area contributed by atoms with Crippen molar-refractivity contribution in [3.63, 3.8) is 0 Å². The number of nitrogens with zero attached hydrogens (tertiary/aromatic N) is 4. The number of piperazine rings is 1. The van der Waals surface area contributed by atoms with E-state index < -0.39 is 0 Å². The summed E-state index contributed by atoms with van der Waals surface area (Å²) in [4.78, 5) is 36.6. The van der Waals surface area contributed by atoms with E-state index >= 15 is 0 Å². The molecule has 4 rings (SSSR count). The SMILES string of the molecule is O=C(Cc1ccc2c(c1)CCCO2)N1CCN(C(=O)c2cnccn2)CC1. The molecule has 0 atom stereocenters. The summed E-state index contributed by atoms with van der Waals surface area (Å²) in [6.07, 6.45) is 6.93. The van der Waals surface area contributed by atoms with Gasteiger partial charge < -0.3 is 14.5 Å². The van der Waals surface area contributed by atoms with Crippen LogP contribution in [0.1, 0.15) is 28.0 Å². The molecule has 27 heavy (non-hydrogen) atoms. The number of benzene rings is 1. The van der Waals surface area contributed by atoms with Crippen molar-refractivity contribution in [2.24, 2.45) is 0 Å². The van der Waals surface area contributed by atoms with Crippen LogP contribution in [0, 0.1) is 0 Å². The van der Waals surface area contributed by atoms with Crippen molar-refractivity contribution < 1.29 is 14.3 Å². The zero-order chi connectivity index (χ0) is 18.6. The molecule has 1 aromatic heterocycles. The Balaban J connectivity index is 1.33. The van der Waals surface area contributed by atoms with Gasteiger partial charge in [-0.1, -0.05) is 12.1 Å². The fourth-order valence-electron chi connectivity index (χ4n) is 3.54. The molecular weight excluding hydrogens is 344 g/mol. The van der Waals surface area contributed by atoms with Gasteiger partial charge in [0.25, 0.3) is 5.91 Å². The maximum Gasteiger partial charge on any atom is 0.274 e. The van der Waals surface area contributed by atoms with E-state index in [1.165, 1.54) is 18.0 Å². The molecule has 3 heterocycles. The van der Waals surface area contributed by atoms with Crippen molar-refractivity contribution in [3.8, 4) is 5.75 Å². The van der Waals surface area contributed by atoms with Crippen molar-refractivity contribution in [2.75, 3.05) is 32.8 Å². The molecule has 2 aromatic rings. The molecule has 2 aliphatic rings. The summed E-state index contributed by atoms with van der Waals surface area (Å²) < 4.78 is 5.63. The standard InChI is InChI=1S/C20H22N4O3/c25-19(13-15-3-4-18-16(12-15)2-1-11-27-18)23-7-9-24(10-8-23)20(26)17-14-21-5-6-22-17/h3-6,12,14H,1-2,7-11,13H2. The van der Waals surface area contributed by atoms with E-state index in [0.29, 0.717) is 38.3 Å². The van der Waals surface area contributed by atoms with E-state index in [2.05, 4.69) is 16.0 Å². The maximum absolute atomic E-state index is 12.7. The molecule has 0 saturated carbocycles. The minimum Gasteiger partial charge on any atom is -0.493 e. The van der Waals surface area contributed by atoms with Gasteiger partial charge in [-0.15, -0.1) is 0 Å². The van der Waals surface area contributed by atoms with Crippen molar-refractivity contribution in [1.82, 2.24) is 19.8 Å². The first-order chi connectivity index (χ1) is 13.2. The third-order valence-corrected chi connectivity index (χ3v) is 5.03. The topological polar surface area (TPSA) is 75.6 Å². The number of amides is 2. The maximum atomic E-state index is 12.7. The molecule has 0 bridgehead atoms. The van der Waals surface area contributed by atoms with Gasteiger partial charge in [0.1, 0.15) is 11.4 Å². The number of aryl methyl sites for hydroxylation is 1. The first-order valence-electron chi connectivity index (χ1n) is 9.28. The monoisotopic (exact) mass is 366 g/mol. The largest absolute Gasteiger partial charge is 0.493 e. The summed E-state index contributed by atoms with van der Waals surface area (Å²) in [5.74, 6) is 0.900. The number of rotatable bonds is 3. The molecule has 0 N–H and O–H groups in total. The van der Waals surface area contributed by atoms with Crippen LogP contribution in [0.2, 0.25) is 0 Å². The van der Waals surface area contributed by atoms with E-state index in [1.54, 1.807) is 11.1 Å². The highest BCUT2D eigenvalue weighted by molar-refractivity contribution is 5.92. The van der Waals surface area contributed by atoms with Crippen LogP contribution in [0.25, 0.3) is 0 Å². The van der Waals surface area contributed by atoms with Gasteiger partial charge in [-0.05, 0) is 30.0 Å². The van der Waals surface area contributed by atoms with Crippen molar-refractivity contribution in [2.45, 2.75) is 19.3 Å². The Labute approximate surface area is 158 Å². The average Bonchev–Trinajstić information content (AvgIpc) is 2.74. The Morgan fingerprint density at radius 1 is 1.07 bits per heavy atom. The lowest BCUT2D eigenvalue weighted by Gasteiger charge is -2.34. The molecule has 0 radical (unpaired) electrons. The van der Waals surface area contributed by atoms with Crippen LogP contribution >= 0.6 is 0 Å². The number of carbonyl (C=O) groups excluding carboxylic acids is 2. The van der Waals surface area contributed by atoms with Crippen LogP contribution in [0.5, 0.6) is 5.75 Å². The molecule has 2 aliphatic heterocycles. The van der Waals surface area contributed by atoms with Gasteiger partial charge in [-0.2, -0.15) is 0 Å². The van der Waals surface area contributed by atoms with Crippen molar-refractivity contribution in [3.05, 3.63) is 53.6 Å². The second kappa shape index (κ2) is 7.73. The van der Waals surface area contributed by atoms with Crippen molar-refractivity contribution >= 4 is 11.8 Å². The van der Waals surface area contributed by atoms with Crippen LogP contribution in [0.3, 0.4) is 0 Å². The molecule has 2 amide bonds. The number of aromatic nitrogens is 2. The molecule has 1 fully saturated rings. The van der Waals surface area contributed by atoms with E-state index in [9.17, 15) is 9.59 Å². The van der Waals surface area contributed by atoms with Crippen LogP contribution in [-0.2, 0) is 17.6 Å². The lowest BCUT2D eigenvalue weighted by Crippen LogP contribution is -2.51. The predicted molar refractivity (Wildman–Crippen MR) is 98.5 cm³/mol. The Bertz CT molecular complexity index is 832. The third kappa shape index (κ3) is 3.92. The molecule has 0 unspecified atom stereocenters. The van der Waals surface area contributed by atoms with E-state index in [1.807, 2.05) is 17.0 Å². The van der Waals surface area contributed by atoms with Crippen molar-refractivity contribution in [1.29, 1.82) is 0 Å². The zero-order valence-electron chi connectivity index (χ0n) is 15.1.